The lowest BCUT2D eigenvalue weighted by Gasteiger charge is -2.22. The zero-order valence-electron chi connectivity index (χ0n) is 10.7. The van der Waals surface area contributed by atoms with Crippen molar-refractivity contribution < 1.29 is 26.7 Å². The molecule has 108 valence electrons. The minimum Gasteiger partial charge on any atom is -0.354 e. The maximum absolute atomic E-state index is 13.4. The van der Waals surface area contributed by atoms with Gasteiger partial charge < -0.3 is 9.47 Å². The van der Waals surface area contributed by atoms with Gasteiger partial charge in [-0.05, 0) is 25.1 Å². The Balaban J connectivity index is 3.01. The maximum Gasteiger partial charge on any atom is 0.244 e. The largest absolute Gasteiger partial charge is 0.354 e. The third-order valence-corrected chi connectivity index (χ3v) is 3.97. The van der Waals surface area contributed by atoms with Crippen LogP contribution in [0.3, 0.4) is 0 Å². The Labute approximate surface area is 110 Å². The summed E-state index contributed by atoms with van der Waals surface area (Å²) >= 11 is 0. The molecule has 1 aromatic rings. The zero-order chi connectivity index (χ0) is 14.6. The predicted octanol–water partition coefficient (Wildman–Crippen LogP) is 1.25. The summed E-state index contributed by atoms with van der Waals surface area (Å²) in [6.07, 6.45) is -0.841. The van der Waals surface area contributed by atoms with Gasteiger partial charge in [0.1, 0.15) is 16.5 Å². The highest BCUT2D eigenvalue weighted by molar-refractivity contribution is 7.89. The highest BCUT2D eigenvalue weighted by Gasteiger charge is 2.26. The van der Waals surface area contributed by atoms with E-state index in [0.717, 1.165) is 12.1 Å². The molecule has 1 atom stereocenters. The molecule has 5 nitrogen and oxygen atoms in total. The van der Waals surface area contributed by atoms with Gasteiger partial charge in [-0.1, -0.05) is 0 Å². The number of rotatable bonds is 6. The lowest BCUT2D eigenvalue weighted by Crippen LogP contribution is -2.43. The minimum absolute atomic E-state index is 0.610. The third kappa shape index (κ3) is 3.93. The van der Waals surface area contributed by atoms with Crippen LogP contribution in [0.2, 0.25) is 0 Å². The number of ether oxygens (including phenoxy) is 2. The SMILES string of the molecule is COC(OC)C(C)NS(=O)(=O)c1cc(F)ccc1F. The second-order valence-electron chi connectivity index (χ2n) is 3.82. The molecule has 19 heavy (non-hydrogen) atoms. The summed E-state index contributed by atoms with van der Waals surface area (Å²) < 4.78 is 62.2. The van der Waals surface area contributed by atoms with Crippen molar-refractivity contribution in [2.45, 2.75) is 24.2 Å². The first kappa shape index (κ1) is 16.0. The van der Waals surface area contributed by atoms with E-state index in [2.05, 4.69) is 4.72 Å². The number of sulfonamides is 1. The summed E-state index contributed by atoms with van der Waals surface area (Å²) in [4.78, 5) is -0.759. The van der Waals surface area contributed by atoms with Gasteiger partial charge in [0.25, 0.3) is 0 Å². The molecule has 0 aromatic heterocycles. The zero-order valence-corrected chi connectivity index (χ0v) is 11.5. The van der Waals surface area contributed by atoms with E-state index in [1.807, 2.05) is 0 Å². The molecule has 1 rings (SSSR count). The summed E-state index contributed by atoms with van der Waals surface area (Å²) in [6.45, 7) is 1.48. The van der Waals surface area contributed by atoms with Crippen LogP contribution in [0.4, 0.5) is 8.78 Å². The van der Waals surface area contributed by atoms with Crippen LogP contribution in [-0.4, -0.2) is 35.0 Å². The Morgan fingerprint density at radius 2 is 1.79 bits per heavy atom. The summed E-state index contributed by atoms with van der Waals surface area (Å²) in [5, 5.41) is 0. The fraction of sp³-hybridized carbons (Fsp3) is 0.455. The van der Waals surface area contributed by atoms with Crippen molar-refractivity contribution in [3.8, 4) is 0 Å². The normalized spacial score (nSPS) is 13.8. The van der Waals surface area contributed by atoms with Gasteiger partial charge in [0.15, 0.2) is 6.29 Å². The first-order chi connectivity index (χ1) is 8.81. The molecule has 0 aliphatic heterocycles. The van der Waals surface area contributed by atoms with Crippen molar-refractivity contribution in [3.63, 3.8) is 0 Å². The molecule has 0 radical (unpaired) electrons. The van der Waals surface area contributed by atoms with Crippen molar-refractivity contribution in [3.05, 3.63) is 29.8 Å². The molecule has 8 heteroatoms. The molecular formula is C11H15F2NO4S. The average Bonchev–Trinajstić information content (AvgIpc) is 2.33. The second-order valence-corrected chi connectivity index (χ2v) is 5.51. The number of halogens is 2. The van der Waals surface area contributed by atoms with E-state index in [1.54, 1.807) is 0 Å². The number of benzene rings is 1. The van der Waals surface area contributed by atoms with Gasteiger partial charge in [0.2, 0.25) is 10.0 Å². The Morgan fingerprint density at radius 3 is 2.32 bits per heavy atom. The molecule has 0 aliphatic carbocycles. The second kappa shape index (κ2) is 6.38. The molecule has 0 aliphatic rings. The molecule has 0 fully saturated rings. The van der Waals surface area contributed by atoms with Crippen molar-refractivity contribution in [1.82, 2.24) is 4.72 Å². The van der Waals surface area contributed by atoms with Crippen LogP contribution < -0.4 is 4.72 Å². The average molecular weight is 295 g/mol. The molecule has 0 saturated carbocycles. The molecule has 0 amide bonds. The summed E-state index contributed by atoms with van der Waals surface area (Å²) in [7, 11) is -1.53. The van der Waals surface area contributed by atoms with Gasteiger partial charge in [0.05, 0.1) is 6.04 Å². The molecule has 1 aromatic carbocycles. The molecule has 1 unspecified atom stereocenters. The summed E-state index contributed by atoms with van der Waals surface area (Å²) in [6, 6.07) is 1.42. The lowest BCUT2D eigenvalue weighted by molar-refractivity contribution is -0.115. The lowest BCUT2D eigenvalue weighted by atomic mass is 10.3. The van der Waals surface area contributed by atoms with Crippen LogP contribution in [0.25, 0.3) is 0 Å². The third-order valence-electron chi connectivity index (χ3n) is 2.40. The molecule has 0 heterocycles. The maximum atomic E-state index is 13.4. The molecule has 0 spiro atoms. The van der Waals surface area contributed by atoms with E-state index in [1.165, 1.54) is 21.1 Å². The van der Waals surface area contributed by atoms with Crippen molar-refractivity contribution in [2.75, 3.05) is 14.2 Å². The van der Waals surface area contributed by atoms with Gasteiger partial charge in [-0.15, -0.1) is 0 Å². The smallest absolute Gasteiger partial charge is 0.244 e. The molecule has 0 bridgehead atoms. The summed E-state index contributed by atoms with van der Waals surface area (Å²) in [5.74, 6) is -1.88. The first-order valence-corrected chi connectivity index (χ1v) is 6.83. The van der Waals surface area contributed by atoms with E-state index >= 15 is 0 Å². The van der Waals surface area contributed by atoms with Crippen LogP contribution >= 0.6 is 0 Å². The van der Waals surface area contributed by atoms with Crippen molar-refractivity contribution in [2.24, 2.45) is 0 Å². The van der Waals surface area contributed by atoms with Crippen LogP contribution in [0.15, 0.2) is 23.1 Å². The van der Waals surface area contributed by atoms with Gasteiger partial charge in [0, 0.05) is 14.2 Å². The van der Waals surface area contributed by atoms with Crippen LogP contribution in [-0.2, 0) is 19.5 Å². The highest BCUT2D eigenvalue weighted by Crippen LogP contribution is 2.16. The highest BCUT2D eigenvalue weighted by atomic mass is 32.2. The number of methoxy groups -OCH3 is 2. The fourth-order valence-electron chi connectivity index (χ4n) is 1.55. The van der Waals surface area contributed by atoms with Gasteiger partial charge >= 0.3 is 0 Å². The van der Waals surface area contributed by atoms with E-state index in [4.69, 9.17) is 9.47 Å². The Hall–Kier alpha value is -1.09. The fourth-order valence-corrected chi connectivity index (χ4v) is 2.87. The molecule has 1 N–H and O–H groups in total. The number of hydrogen-bond acceptors (Lipinski definition) is 4. The molecular weight excluding hydrogens is 280 g/mol. The van der Waals surface area contributed by atoms with E-state index in [0.29, 0.717) is 6.07 Å². The van der Waals surface area contributed by atoms with Crippen LogP contribution in [0.1, 0.15) is 6.92 Å². The quantitative estimate of drug-likeness (QED) is 0.802. The summed E-state index contributed by atoms with van der Waals surface area (Å²) in [5.41, 5.74) is 0. The van der Waals surface area contributed by atoms with Gasteiger partial charge in [-0.3, -0.25) is 0 Å². The van der Waals surface area contributed by atoms with Crippen molar-refractivity contribution in [1.29, 1.82) is 0 Å². The van der Waals surface area contributed by atoms with E-state index in [-0.39, 0.29) is 0 Å². The standard InChI is InChI=1S/C11H15F2NO4S/c1-7(11(17-2)18-3)14-19(15,16)10-6-8(12)4-5-9(10)13/h4-7,11,14H,1-3H3. The molecule has 0 saturated heterocycles. The monoisotopic (exact) mass is 295 g/mol. The van der Waals surface area contributed by atoms with Gasteiger partial charge in [-0.2, -0.15) is 0 Å². The minimum atomic E-state index is -4.20. The van der Waals surface area contributed by atoms with Crippen LogP contribution in [0.5, 0.6) is 0 Å². The Morgan fingerprint density at radius 1 is 1.21 bits per heavy atom. The topological polar surface area (TPSA) is 64.6 Å². The Kier molecular flexibility index (Phi) is 5.36. The van der Waals surface area contributed by atoms with E-state index < -0.39 is 38.9 Å². The first-order valence-electron chi connectivity index (χ1n) is 5.34. The number of nitrogens with one attached hydrogen (secondary N) is 1. The van der Waals surface area contributed by atoms with E-state index in [9.17, 15) is 17.2 Å². The Bertz CT molecular complexity index is 531. The van der Waals surface area contributed by atoms with Crippen molar-refractivity contribution >= 4 is 10.0 Å². The van der Waals surface area contributed by atoms with Crippen LogP contribution in [0, 0.1) is 11.6 Å². The van der Waals surface area contributed by atoms with Gasteiger partial charge in [-0.25, -0.2) is 21.9 Å². The number of hydrogen-bond donors (Lipinski definition) is 1. The predicted molar refractivity (Wildman–Crippen MR) is 63.9 cm³/mol.